The molecule has 130 valence electrons. The molecule has 0 saturated carbocycles. The average molecular weight is 339 g/mol. The summed E-state index contributed by atoms with van der Waals surface area (Å²) in [6.07, 6.45) is 2.34. The van der Waals surface area contributed by atoms with Gasteiger partial charge in [0.15, 0.2) is 5.41 Å². The topological polar surface area (TPSA) is 65.5 Å². The predicted octanol–water partition coefficient (Wildman–Crippen LogP) is 2.96. The van der Waals surface area contributed by atoms with Gasteiger partial charge in [0.25, 0.3) is 0 Å². The molecule has 0 saturated heterocycles. The average Bonchev–Trinajstić information content (AvgIpc) is 3.03. The number of hydrogen-bond acceptors (Lipinski definition) is 5. The molecule has 5 heteroatoms. The zero-order valence-electron chi connectivity index (χ0n) is 14.5. The highest BCUT2D eigenvalue weighted by Gasteiger charge is 2.52. The number of esters is 2. The molecule has 0 unspecified atom stereocenters. The van der Waals surface area contributed by atoms with Crippen molar-refractivity contribution in [3.05, 3.63) is 53.7 Å². The summed E-state index contributed by atoms with van der Waals surface area (Å²) in [5, 5.41) is 0. The molecule has 0 spiro atoms. The fraction of sp³-hybridized carbons (Fsp3) is 0.350. The lowest BCUT2D eigenvalue weighted by molar-refractivity contribution is -0.171. The third-order valence-electron chi connectivity index (χ3n) is 4.48. The van der Waals surface area contributed by atoms with Crippen LogP contribution < -0.4 is 0 Å². The van der Waals surface area contributed by atoms with Gasteiger partial charge in [-0.1, -0.05) is 18.2 Å². The molecule has 1 aromatic heterocycles. The zero-order chi connectivity index (χ0) is 17.9. The number of pyridine rings is 1. The van der Waals surface area contributed by atoms with Crippen molar-refractivity contribution >= 4 is 11.9 Å². The molecule has 2 aromatic rings. The van der Waals surface area contributed by atoms with Crippen molar-refractivity contribution < 1.29 is 19.1 Å². The minimum absolute atomic E-state index is 0.232. The zero-order valence-corrected chi connectivity index (χ0v) is 14.5. The van der Waals surface area contributed by atoms with Crippen molar-refractivity contribution in [1.82, 2.24) is 4.98 Å². The normalized spacial score (nSPS) is 14.6. The van der Waals surface area contributed by atoms with Gasteiger partial charge in [-0.2, -0.15) is 0 Å². The van der Waals surface area contributed by atoms with Crippen molar-refractivity contribution in [2.45, 2.75) is 26.7 Å². The first-order chi connectivity index (χ1) is 12.1. The largest absolute Gasteiger partial charge is 0.465 e. The highest BCUT2D eigenvalue weighted by Crippen LogP contribution is 2.40. The Kier molecular flexibility index (Phi) is 4.83. The van der Waals surface area contributed by atoms with Gasteiger partial charge in [-0.05, 0) is 56.0 Å². The van der Waals surface area contributed by atoms with Gasteiger partial charge in [0.2, 0.25) is 0 Å². The van der Waals surface area contributed by atoms with E-state index in [1.165, 1.54) is 0 Å². The minimum atomic E-state index is -1.28. The summed E-state index contributed by atoms with van der Waals surface area (Å²) in [5.74, 6) is -1.02. The Hall–Kier alpha value is -2.69. The van der Waals surface area contributed by atoms with Crippen LogP contribution in [-0.2, 0) is 31.9 Å². The molecule has 0 N–H and O–H groups in total. The number of hydrogen-bond donors (Lipinski definition) is 0. The quantitative estimate of drug-likeness (QED) is 0.619. The molecule has 0 atom stereocenters. The number of ether oxygens (including phenoxy) is 2. The number of aromatic nitrogens is 1. The van der Waals surface area contributed by atoms with Crippen LogP contribution in [0.15, 0.2) is 42.6 Å². The fourth-order valence-electron chi connectivity index (χ4n) is 3.28. The van der Waals surface area contributed by atoms with Crippen LogP contribution in [0.25, 0.3) is 11.3 Å². The van der Waals surface area contributed by atoms with Crippen LogP contribution in [0.3, 0.4) is 0 Å². The molecule has 1 heterocycles. The molecular weight excluding hydrogens is 318 g/mol. The van der Waals surface area contributed by atoms with Crippen molar-refractivity contribution in [2.24, 2.45) is 5.41 Å². The molecule has 1 aromatic carbocycles. The highest BCUT2D eigenvalue weighted by atomic mass is 16.6. The first kappa shape index (κ1) is 17.1. The van der Waals surface area contributed by atoms with E-state index in [-0.39, 0.29) is 13.2 Å². The van der Waals surface area contributed by atoms with Gasteiger partial charge in [0.1, 0.15) is 0 Å². The standard InChI is InChI=1S/C20H21NO4/c1-3-24-18(22)20(19(23)25-4-2)12-15-9-8-14(11-16(15)13-20)17-7-5-6-10-21-17/h5-11H,3-4,12-13H2,1-2H3. The molecule has 3 rings (SSSR count). The van der Waals surface area contributed by atoms with Crippen molar-refractivity contribution in [1.29, 1.82) is 0 Å². The second kappa shape index (κ2) is 7.05. The molecule has 0 aliphatic heterocycles. The number of rotatable bonds is 5. The van der Waals surface area contributed by atoms with Gasteiger partial charge in [-0.15, -0.1) is 0 Å². The summed E-state index contributed by atoms with van der Waals surface area (Å²) >= 11 is 0. The Bertz CT molecular complexity index is 768. The maximum Gasteiger partial charge on any atom is 0.324 e. The Morgan fingerprint density at radius 1 is 1.00 bits per heavy atom. The molecule has 0 radical (unpaired) electrons. The van der Waals surface area contributed by atoms with Crippen LogP contribution >= 0.6 is 0 Å². The van der Waals surface area contributed by atoms with E-state index in [0.717, 1.165) is 22.4 Å². The molecule has 0 bridgehead atoms. The summed E-state index contributed by atoms with van der Waals surface area (Å²) in [6.45, 7) is 3.93. The summed E-state index contributed by atoms with van der Waals surface area (Å²) in [5.41, 5.74) is 2.47. The smallest absolute Gasteiger partial charge is 0.324 e. The Morgan fingerprint density at radius 3 is 2.28 bits per heavy atom. The number of carbonyl (C=O) groups is 2. The van der Waals surface area contributed by atoms with E-state index in [0.29, 0.717) is 12.8 Å². The number of carbonyl (C=O) groups excluding carboxylic acids is 2. The molecule has 1 aliphatic rings. The van der Waals surface area contributed by atoms with E-state index in [9.17, 15) is 9.59 Å². The molecule has 1 aliphatic carbocycles. The molecule has 0 amide bonds. The van der Waals surface area contributed by atoms with Gasteiger partial charge >= 0.3 is 11.9 Å². The molecule has 0 fully saturated rings. The summed E-state index contributed by atoms with van der Waals surface area (Å²) in [7, 11) is 0. The summed E-state index contributed by atoms with van der Waals surface area (Å²) < 4.78 is 10.4. The van der Waals surface area contributed by atoms with Crippen molar-refractivity contribution in [3.63, 3.8) is 0 Å². The Balaban J connectivity index is 1.96. The lowest BCUT2D eigenvalue weighted by Gasteiger charge is -2.23. The maximum atomic E-state index is 12.6. The maximum absolute atomic E-state index is 12.6. The van der Waals surface area contributed by atoms with Crippen LogP contribution in [0.4, 0.5) is 0 Å². The van der Waals surface area contributed by atoms with Gasteiger partial charge in [-0.3, -0.25) is 14.6 Å². The van der Waals surface area contributed by atoms with Gasteiger partial charge in [-0.25, -0.2) is 0 Å². The van der Waals surface area contributed by atoms with Gasteiger partial charge in [0.05, 0.1) is 18.9 Å². The van der Waals surface area contributed by atoms with Gasteiger partial charge < -0.3 is 9.47 Å². The van der Waals surface area contributed by atoms with E-state index in [1.54, 1.807) is 20.0 Å². The minimum Gasteiger partial charge on any atom is -0.465 e. The molecular formula is C20H21NO4. The molecule has 5 nitrogen and oxygen atoms in total. The SMILES string of the molecule is CCOC(=O)C1(C(=O)OCC)Cc2ccc(-c3ccccn3)cc2C1. The van der Waals surface area contributed by atoms with Crippen LogP contribution in [0, 0.1) is 5.41 Å². The van der Waals surface area contributed by atoms with Crippen LogP contribution in [-0.4, -0.2) is 30.1 Å². The number of fused-ring (bicyclic) bond motifs is 1. The number of benzene rings is 1. The van der Waals surface area contributed by atoms with Crippen LogP contribution in [0.2, 0.25) is 0 Å². The Labute approximate surface area is 147 Å². The van der Waals surface area contributed by atoms with E-state index in [2.05, 4.69) is 4.98 Å². The highest BCUT2D eigenvalue weighted by molar-refractivity contribution is 6.01. The Morgan fingerprint density at radius 2 is 1.68 bits per heavy atom. The summed E-state index contributed by atoms with van der Waals surface area (Å²) in [6, 6.07) is 11.6. The van der Waals surface area contributed by atoms with Gasteiger partial charge in [0, 0.05) is 11.8 Å². The van der Waals surface area contributed by atoms with E-state index < -0.39 is 17.4 Å². The van der Waals surface area contributed by atoms with E-state index in [4.69, 9.17) is 9.47 Å². The fourth-order valence-corrected chi connectivity index (χ4v) is 3.28. The number of nitrogens with zero attached hydrogens (tertiary/aromatic N) is 1. The van der Waals surface area contributed by atoms with Crippen LogP contribution in [0.5, 0.6) is 0 Å². The van der Waals surface area contributed by atoms with E-state index in [1.807, 2.05) is 36.4 Å². The third kappa shape index (κ3) is 3.14. The van der Waals surface area contributed by atoms with E-state index >= 15 is 0 Å². The third-order valence-corrected chi connectivity index (χ3v) is 4.48. The van der Waals surface area contributed by atoms with Crippen LogP contribution in [0.1, 0.15) is 25.0 Å². The first-order valence-corrected chi connectivity index (χ1v) is 8.48. The second-order valence-corrected chi connectivity index (χ2v) is 6.08. The first-order valence-electron chi connectivity index (χ1n) is 8.48. The predicted molar refractivity (Wildman–Crippen MR) is 92.8 cm³/mol. The van der Waals surface area contributed by atoms with Crippen molar-refractivity contribution in [2.75, 3.05) is 13.2 Å². The monoisotopic (exact) mass is 339 g/mol. The molecule has 25 heavy (non-hydrogen) atoms. The lowest BCUT2D eigenvalue weighted by atomic mass is 9.84. The summed E-state index contributed by atoms with van der Waals surface area (Å²) in [4.78, 5) is 29.5. The second-order valence-electron chi connectivity index (χ2n) is 6.08. The lowest BCUT2D eigenvalue weighted by Crippen LogP contribution is -2.43. The van der Waals surface area contributed by atoms with Crippen molar-refractivity contribution in [3.8, 4) is 11.3 Å².